The van der Waals surface area contributed by atoms with Crippen LogP contribution in [-0.4, -0.2) is 37.3 Å². The van der Waals surface area contributed by atoms with Gasteiger partial charge in [-0.15, -0.1) is 0 Å². The summed E-state index contributed by atoms with van der Waals surface area (Å²) in [4.78, 5) is 35.0. The summed E-state index contributed by atoms with van der Waals surface area (Å²) in [5.74, 6) is 0.893. The predicted molar refractivity (Wildman–Crippen MR) is 119 cm³/mol. The van der Waals surface area contributed by atoms with Gasteiger partial charge in [0.05, 0.1) is 5.56 Å². The maximum atomic E-state index is 13.2. The molecule has 0 aliphatic heterocycles. The third kappa shape index (κ3) is 3.27. The fourth-order valence-corrected chi connectivity index (χ4v) is 6.90. The van der Waals surface area contributed by atoms with Gasteiger partial charge in [0.15, 0.2) is 0 Å². The first kappa shape index (κ1) is 19.5. The normalized spacial score (nSPS) is 30.4. The van der Waals surface area contributed by atoms with Crippen molar-refractivity contribution in [1.82, 2.24) is 25.0 Å². The van der Waals surface area contributed by atoms with Crippen molar-refractivity contribution in [3.63, 3.8) is 0 Å². The maximum Gasteiger partial charge on any atom is 0.270 e. The van der Waals surface area contributed by atoms with E-state index in [1.54, 1.807) is 12.3 Å². The Morgan fingerprint density at radius 3 is 2.44 bits per heavy atom. The molecule has 3 heterocycles. The lowest BCUT2D eigenvalue weighted by molar-refractivity contribution is -0.0448. The van der Waals surface area contributed by atoms with Gasteiger partial charge in [-0.25, -0.2) is 9.97 Å². The van der Waals surface area contributed by atoms with E-state index in [-0.39, 0.29) is 22.9 Å². The Morgan fingerprint density at radius 2 is 1.72 bits per heavy atom. The highest BCUT2D eigenvalue weighted by Crippen LogP contribution is 2.57. The summed E-state index contributed by atoms with van der Waals surface area (Å²) in [6, 6.07) is 9.24. The second-order valence-electron chi connectivity index (χ2n) is 10.2. The summed E-state index contributed by atoms with van der Waals surface area (Å²) < 4.78 is 1.87. The highest BCUT2D eigenvalue weighted by Gasteiger charge is 2.58. The Labute approximate surface area is 186 Å². The number of nitrogens with one attached hydrogen (secondary N) is 2. The number of pyridine rings is 2. The van der Waals surface area contributed by atoms with Crippen LogP contribution in [0, 0.1) is 18.8 Å². The summed E-state index contributed by atoms with van der Waals surface area (Å²) in [7, 11) is 0. The number of aromatic nitrogens is 3. The first-order valence-corrected chi connectivity index (χ1v) is 11.4. The van der Waals surface area contributed by atoms with Gasteiger partial charge in [-0.1, -0.05) is 6.07 Å². The third-order valence-corrected chi connectivity index (χ3v) is 7.59. The monoisotopic (exact) mass is 429 g/mol. The third-order valence-electron chi connectivity index (χ3n) is 7.59. The molecule has 2 atom stereocenters. The van der Waals surface area contributed by atoms with Gasteiger partial charge in [0.2, 0.25) is 0 Å². The number of nitrogens with zero attached hydrogens (tertiary/aromatic N) is 3. The molecule has 4 aliphatic carbocycles. The van der Waals surface area contributed by atoms with E-state index in [1.807, 2.05) is 48.0 Å². The number of carbonyl (C=O) groups excluding carboxylic acids is 2. The van der Waals surface area contributed by atoms with Crippen molar-refractivity contribution in [2.45, 2.75) is 56.5 Å². The van der Waals surface area contributed by atoms with E-state index in [2.05, 4.69) is 20.6 Å². The van der Waals surface area contributed by atoms with Crippen molar-refractivity contribution >= 4 is 17.5 Å². The number of hydrogen-bond donors (Lipinski definition) is 2. The highest BCUT2D eigenvalue weighted by atomic mass is 16.2. The molecule has 4 bridgehead atoms. The first-order chi connectivity index (χ1) is 15.4. The zero-order chi connectivity index (χ0) is 21.9. The predicted octanol–water partition coefficient (Wildman–Crippen LogP) is 3.29. The molecule has 0 aromatic carbocycles. The molecule has 2 N–H and O–H groups in total. The van der Waals surface area contributed by atoms with E-state index in [9.17, 15) is 9.59 Å². The molecule has 0 saturated heterocycles. The number of carbonyl (C=O) groups is 2. The minimum atomic E-state index is -0.270. The summed E-state index contributed by atoms with van der Waals surface area (Å²) in [6.07, 6.45) is 11.3. The van der Waals surface area contributed by atoms with Crippen LogP contribution in [0.1, 0.15) is 65.1 Å². The Morgan fingerprint density at radius 1 is 1.00 bits per heavy atom. The minimum Gasteiger partial charge on any atom is -0.346 e. The van der Waals surface area contributed by atoms with Crippen molar-refractivity contribution in [3.05, 3.63) is 65.9 Å². The molecule has 2 amide bonds. The summed E-state index contributed by atoms with van der Waals surface area (Å²) in [6.45, 7) is 1.90. The summed E-state index contributed by atoms with van der Waals surface area (Å²) in [5.41, 5.74) is 2.22. The molecule has 0 radical (unpaired) electrons. The molecule has 7 rings (SSSR count). The summed E-state index contributed by atoms with van der Waals surface area (Å²) >= 11 is 0. The Hall–Kier alpha value is -3.22. The van der Waals surface area contributed by atoms with Gasteiger partial charge in [0.1, 0.15) is 11.3 Å². The number of imidazole rings is 1. The smallest absolute Gasteiger partial charge is 0.270 e. The molecular weight excluding hydrogens is 402 g/mol. The van der Waals surface area contributed by atoms with Crippen molar-refractivity contribution in [2.24, 2.45) is 11.8 Å². The van der Waals surface area contributed by atoms with Gasteiger partial charge in [-0.05, 0) is 81.5 Å². The van der Waals surface area contributed by atoms with Crippen molar-refractivity contribution < 1.29 is 9.59 Å². The highest BCUT2D eigenvalue weighted by molar-refractivity contribution is 5.95. The van der Waals surface area contributed by atoms with E-state index in [1.165, 1.54) is 6.42 Å². The molecule has 4 aliphatic rings. The van der Waals surface area contributed by atoms with Crippen LogP contribution in [0.2, 0.25) is 0 Å². The number of rotatable bonds is 4. The zero-order valence-corrected chi connectivity index (χ0v) is 18.2. The molecule has 4 saturated carbocycles. The van der Waals surface area contributed by atoms with Gasteiger partial charge in [-0.3, -0.25) is 9.59 Å². The van der Waals surface area contributed by atoms with Crippen molar-refractivity contribution in [1.29, 1.82) is 0 Å². The molecule has 0 spiro atoms. The largest absolute Gasteiger partial charge is 0.346 e. The lowest BCUT2D eigenvalue weighted by atomic mass is 9.49. The lowest BCUT2D eigenvalue weighted by Crippen LogP contribution is -2.69. The van der Waals surface area contributed by atoms with E-state index in [0.717, 1.165) is 43.4 Å². The van der Waals surface area contributed by atoms with Crippen molar-refractivity contribution in [2.75, 3.05) is 0 Å². The molecule has 2 unspecified atom stereocenters. The fourth-order valence-electron chi connectivity index (χ4n) is 6.90. The quantitative estimate of drug-likeness (QED) is 0.666. The second kappa shape index (κ2) is 6.89. The number of aryl methyl sites for hydroxylation is 1. The van der Waals surface area contributed by atoms with Crippen LogP contribution in [0.15, 0.2) is 48.9 Å². The molecule has 164 valence electrons. The van der Waals surface area contributed by atoms with Gasteiger partial charge < -0.3 is 15.0 Å². The van der Waals surface area contributed by atoms with Gasteiger partial charge in [0, 0.05) is 35.4 Å². The molecule has 3 aromatic heterocycles. The lowest BCUT2D eigenvalue weighted by Gasteiger charge is -2.62. The fraction of sp³-hybridized carbons (Fsp3) is 0.440. The molecular formula is C25H27N5O2. The Balaban J connectivity index is 1.25. The Bertz CT molecular complexity index is 1220. The number of fused-ring (bicyclic) bond motifs is 1. The van der Waals surface area contributed by atoms with Gasteiger partial charge in [-0.2, -0.15) is 0 Å². The topological polar surface area (TPSA) is 88.4 Å². The van der Waals surface area contributed by atoms with Crippen LogP contribution in [0.3, 0.4) is 0 Å². The van der Waals surface area contributed by atoms with Crippen LogP contribution in [0.5, 0.6) is 0 Å². The number of hydrogen-bond acceptors (Lipinski definition) is 4. The second-order valence-corrected chi connectivity index (χ2v) is 10.2. The van der Waals surface area contributed by atoms with E-state index in [4.69, 9.17) is 0 Å². The maximum absolute atomic E-state index is 13.2. The minimum absolute atomic E-state index is 0.0515. The molecule has 4 fully saturated rings. The van der Waals surface area contributed by atoms with Crippen LogP contribution in [-0.2, 0) is 0 Å². The zero-order valence-electron chi connectivity index (χ0n) is 18.2. The van der Waals surface area contributed by atoms with Crippen LogP contribution in [0.4, 0.5) is 0 Å². The van der Waals surface area contributed by atoms with Crippen LogP contribution < -0.4 is 10.6 Å². The molecule has 7 nitrogen and oxygen atoms in total. The van der Waals surface area contributed by atoms with Gasteiger partial charge in [0.25, 0.3) is 11.8 Å². The molecule has 3 aromatic rings. The number of amides is 2. The van der Waals surface area contributed by atoms with Crippen LogP contribution in [0.25, 0.3) is 5.65 Å². The molecule has 32 heavy (non-hydrogen) atoms. The Kier molecular flexibility index (Phi) is 4.19. The SMILES string of the molecule is Cc1cccc(C(=O)NC23CC4CC(CC(NC(=O)c5ccc6nccn6c5)(C4)C2)C3)n1. The van der Waals surface area contributed by atoms with Gasteiger partial charge >= 0.3 is 0 Å². The first-order valence-electron chi connectivity index (χ1n) is 11.4. The van der Waals surface area contributed by atoms with Crippen molar-refractivity contribution in [3.8, 4) is 0 Å². The van der Waals surface area contributed by atoms with E-state index < -0.39 is 0 Å². The van der Waals surface area contributed by atoms with E-state index >= 15 is 0 Å². The molecule has 7 heteroatoms. The van der Waals surface area contributed by atoms with Crippen LogP contribution >= 0.6 is 0 Å². The average Bonchev–Trinajstić information content (AvgIpc) is 3.20. The average molecular weight is 430 g/mol. The standard InChI is InChI=1S/C25H27N5O2/c1-16-3-2-4-20(27-16)23(32)29-25-12-17-9-18(13-25)11-24(10-17,15-25)28-22(31)19-5-6-21-26-7-8-30(21)14-19/h2-8,14,17-18H,9-13,15H2,1H3,(H,28,31)(H,29,32). The van der Waals surface area contributed by atoms with E-state index in [0.29, 0.717) is 23.1 Å². The summed E-state index contributed by atoms with van der Waals surface area (Å²) in [5, 5.41) is 6.77.